The quantitative estimate of drug-likeness (QED) is 0.227. The Balaban J connectivity index is 1.89. The van der Waals surface area contributed by atoms with Crippen LogP contribution >= 0.6 is 0 Å². The Morgan fingerprint density at radius 3 is 2.15 bits per heavy atom. The van der Waals surface area contributed by atoms with Crippen LogP contribution in [0.15, 0.2) is 73.3 Å². The number of amides is 1. The minimum atomic E-state index is -2.11. The molecule has 1 N–H and O–H groups in total. The standard InChI is InChI=1S/C32H47NO6Si/c1-9-16-26(28-29(39-32(5,6)38-28)27(34)23-37-40(7,8)31(2,3)4)33(21-24-17-12-10-13-18-24)30(35)36-22-25-19-14-11-15-20-25/h9-15,17-20,26-29,34H,1,16,21-23H2,2-8H3/t26-,27+,28-,29+/m0/s1. The maximum absolute atomic E-state index is 13.7. The van der Waals surface area contributed by atoms with Gasteiger partial charge in [-0.1, -0.05) is 87.5 Å². The first-order valence-corrected chi connectivity index (χ1v) is 16.9. The fourth-order valence-corrected chi connectivity index (χ4v) is 5.55. The summed E-state index contributed by atoms with van der Waals surface area (Å²) in [6.45, 7) is 19.0. The van der Waals surface area contributed by atoms with Crippen LogP contribution in [0.4, 0.5) is 4.79 Å². The summed E-state index contributed by atoms with van der Waals surface area (Å²) in [6, 6.07) is 18.8. The lowest BCUT2D eigenvalue weighted by molar-refractivity contribution is -0.159. The monoisotopic (exact) mass is 569 g/mol. The minimum Gasteiger partial charge on any atom is -0.445 e. The summed E-state index contributed by atoms with van der Waals surface area (Å²) in [5.74, 6) is -0.959. The van der Waals surface area contributed by atoms with Gasteiger partial charge in [-0.25, -0.2) is 4.79 Å². The average Bonchev–Trinajstić information content (AvgIpc) is 3.23. The van der Waals surface area contributed by atoms with Crippen molar-refractivity contribution in [3.05, 3.63) is 84.4 Å². The van der Waals surface area contributed by atoms with E-state index in [1.54, 1.807) is 11.0 Å². The van der Waals surface area contributed by atoms with E-state index in [1.165, 1.54) is 0 Å². The van der Waals surface area contributed by atoms with Gasteiger partial charge in [-0.3, -0.25) is 4.90 Å². The summed E-state index contributed by atoms with van der Waals surface area (Å²) >= 11 is 0. The largest absolute Gasteiger partial charge is 0.445 e. The molecule has 1 aliphatic heterocycles. The summed E-state index contributed by atoms with van der Waals surface area (Å²) in [4.78, 5) is 15.4. The number of aliphatic hydroxyl groups is 1. The molecule has 220 valence electrons. The SMILES string of the molecule is C=CC[C@@H]([C@@H]1OC(C)(C)O[C@@H]1[C@H](O)CO[Si](C)(C)C(C)(C)C)N(Cc1ccccc1)C(=O)OCc1ccccc1. The van der Waals surface area contributed by atoms with Gasteiger partial charge in [0.15, 0.2) is 14.1 Å². The molecular weight excluding hydrogens is 522 g/mol. The van der Waals surface area contributed by atoms with Gasteiger partial charge in [0.2, 0.25) is 0 Å². The zero-order valence-electron chi connectivity index (χ0n) is 25.1. The van der Waals surface area contributed by atoms with Crippen LogP contribution in [0.2, 0.25) is 18.1 Å². The molecule has 1 saturated heterocycles. The Bertz CT molecular complexity index is 1090. The molecule has 1 amide bonds. The number of ether oxygens (including phenoxy) is 3. The summed E-state index contributed by atoms with van der Waals surface area (Å²) < 4.78 is 24.8. The van der Waals surface area contributed by atoms with E-state index in [0.29, 0.717) is 13.0 Å². The molecule has 40 heavy (non-hydrogen) atoms. The highest BCUT2D eigenvalue weighted by Crippen LogP contribution is 2.38. The lowest BCUT2D eigenvalue weighted by Crippen LogP contribution is -2.53. The van der Waals surface area contributed by atoms with Gasteiger partial charge >= 0.3 is 6.09 Å². The van der Waals surface area contributed by atoms with E-state index in [0.717, 1.165) is 11.1 Å². The summed E-state index contributed by atoms with van der Waals surface area (Å²) in [7, 11) is -2.11. The van der Waals surface area contributed by atoms with Crippen LogP contribution in [-0.4, -0.2) is 61.2 Å². The predicted molar refractivity (Wildman–Crippen MR) is 160 cm³/mol. The maximum Gasteiger partial charge on any atom is 0.410 e. The molecule has 2 aromatic carbocycles. The lowest BCUT2D eigenvalue weighted by atomic mass is 9.97. The average molecular weight is 570 g/mol. The van der Waals surface area contributed by atoms with E-state index < -0.39 is 44.6 Å². The molecule has 0 unspecified atom stereocenters. The zero-order valence-corrected chi connectivity index (χ0v) is 26.1. The molecule has 1 fully saturated rings. The summed E-state index contributed by atoms with van der Waals surface area (Å²) in [5, 5.41) is 11.4. The van der Waals surface area contributed by atoms with Crippen LogP contribution in [0, 0.1) is 0 Å². The number of carbonyl (C=O) groups excluding carboxylic acids is 1. The van der Waals surface area contributed by atoms with Gasteiger partial charge in [0.1, 0.15) is 24.9 Å². The van der Waals surface area contributed by atoms with Crippen molar-refractivity contribution >= 4 is 14.4 Å². The van der Waals surface area contributed by atoms with Gasteiger partial charge in [-0.15, -0.1) is 6.58 Å². The Labute approximate surface area is 241 Å². The fraction of sp³-hybridized carbons (Fsp3) is 0.531. The van der Waals surface area contributed by atoms with E-state index in [2.05, 4.69) is 40.4 Å². The third-order valence-corrected chi connectivity index (χ3v) is 12.3. The smallest absolute Gasteiger partial charge is 0.410 e. The number of nitrogens with zero attached hydrogens (tertiary/aromatic N) is 1. The third kappa shape index (κ3) is 8.50. The van der Waals surface area contributed by atoms with Crippen molar-refractivity contribution in [1.29, 1.82) is 0 Å². The lowest BCUT2D eigenvalue weighted by Gasteiger charge is -2.39. The number of hydrogen-bond donors (Lipinski definition) is 1. The number of carbonyl (C=O) groups is 1. The van der Waals surface area contributed by atoms with Crippen LogP contribution in [0.5, 0.6) is 0 Å². The van der Waals surface area contributed by atoms with Crippen molar-refractivity contribution in [3.8, 4) is 0 Å². The van der Waals surface area contributed by atoms with E-state index in [9.17, 15) is 9.90 Å². The molecule has 0 radical (unpaired) electrons. The van der Waals surface area contributed by atoms with Crippen LogP contribution in [-0.2, 0) is 31.8 Å². The molecule has 1 aliphatic rings. The molecular formula is C32H47NO6Si. The number of benzene rings is 2. The summed E-state index contributed by atoms with van der Waals surface area (Å²) in [6.07, 6.45) is -0.601. The second-order valence-electron chi connectivity index (χ2n) is 12.4. The number of aliphatic hydroxyl groups excluding tert-OH is 1. The number of rotatable bonds is 12. The molecule has 0 aliphatic carbocycles. The minimum absolute atomic E-state index is 0.00120. The third-order valence-electron chi connectivity index (χ3n) is 7.79. The fourth-order valence-electron chi connectivity index (χ4n) is 4.53. The molecule has 1 heterocycles. The Hall–Kier alpha value is -2.49. The molecule has 3 rings (SSSR count). The molecule has 8 heteroatoms. The van der Waals surface area contributed by atoms with Gasteiger partial charge in [0, 0.05) is 6.54 Å². The second-order valence-corrected chi connectivity index (χ2v) is 17.3. The molecule has 0 aromatic heterocycles. The molecule has 0 spiro atoms. The van der Waals surface area contributed by atoms with Crippen molar-refractivity contribution < 1.29 is 28.5 Å². The van der Waals surface area contributed by atoms with Crippen molar-refractivity contribution in [2.45, 2.75) is 102 Å². The van der Waals surface area contributed by atoms with Crippen molar-refractivity contribution in [1.82, 2.24) is 4.90 Å². The van der Waals surface area contributed by atoms with Gasteiger partial charge < -0.3 is 23.7 Å². The first kappa shape index (κ1) is 32.0. The van der Waals surface area contributed by atoms with Crippen molar-refractivity contribution in [2.75, 3.05) is 6.61 Å². The van der Waals surface area contributed by atoms with Crippen LogP contribution in [0.3, 0.4) is 0 Å². The van der Waals surface area contributed by atoms with E-state index in [1.807, 2.05) is 74.5 Å². The molecule has 0 saturated carbocycles. The topological polar surface area (TPSA) is 77.5 Å². The van der Waals surface area contributed by atoms with E-state index in [4.69, 9.17) is 18.6 Å². The van der Waals surface area contributed by atoms with Crippen molar-refractivity contribution in [3.63, 3.8) is 0 Å². The predicted octanol–water partition coefficient (Wildman–Crippen LogP) is 6.67. The zero-order chi connectivity index (χ0) is 29.6. The normalized spacial score (nSPS) is 20.5. The van der Waals surface area contributed by atoms with Crippen molar-refractivity contribution in [2.24, 2.45) is 0 Å². The summed E-state index contributed by atoms with van der Waals surface area (Å²) in [5.41, 5.74) is 1.85. The first-order valence-electron chi connectivity index (χ1n) is 14.0. The van der Waals surface area contributed by atoms with Crippen LogP contribution < -0.4 is 0 Å². The van der Waals surface area contributed by atoms with E-state index >= 15 is 0 Å². The molecule has 0 bridgehead atoms. The van der Waals surface area contributed by atoms with Crippen LogP contribution in [0.25, 0.3) is 0 Å². The van der Waals surface area contributed by atoms with Gasteiger partial charge in [0.05, 0.1) is 12.6 Å². The van der Waals surface area contributed by atoms with Gasteiger partial charge in [0.25, 0.3) is 0 Å². The maximum atomic E-state index is 13.7. The Morgan fingerprint density at radius 1 is 1.05 bits per heavy atom. The highest BCUT2D eigenvalue weighted by atomic mass is 28.4. The molecule has 2 aromatic rings. The number of hydrogen-bond acceptors (Lipinski definition) is 6. The highest BCUT2D eigenvalue weighted by Gasteiger charge is 2.51. The first-order chi connectivity index (χ1) is 18.7. The highest BCUT2D eigenvalue weighted by molar-refractivity contribution is 6.74. The van der Waals surface area contributed by atoms with Crippen LogP contribution in [0.1, 0.15) is 52.2 Å². The molecule has 7 nitrogen and oxygen atoms in total. The second kappa shape index (κ2) is 13.4. The van der Waals surface area contributed by atoms with E-state index in [-0.39, 0.29) is 18.3 Å². The Kier molecular flexibility index (Phi) is 10.8. The van der Waals surface area contributed by atoms with Gasteiger partial charge in [-0.05, 0) is 49.5 Å². The molecule has 4 atom stereocenters. The Morgan fingerprint density at radius 2 is 1.60 bits per heavy atom. The van der Waals surface area contributed by atoms with Gasteiger partial charge in [-0.2, -0.15) is 0 Å².